The van der Waals surface area contributed by atoms with Gasteiger partial charge in [-0.05, 0) is 39.8 Å². The smallest absolute Gasteiger partial charge is 0.191 e. The number of guanidine groups is 1. The number of halogens is 1. The van der Waals surface area contributed by atoms with Crippen molar-refractivity contribution in [1.82, 2.24) is 15.5 Å². The Labute approximate surface area is 175 Å². The average Bonchev–Trinajstić information content (AvgIpc) is 2.59. The van der Waals surface area contributed by atoms with Crippen molar-refractivity contribution in [1.29, 1.82) is 0 Å². The summed E-state index contributed by atoms with van der Waals surface area (Å²) in [5.41, 5.74) is 0. The van der Waals surface area contributed by atoms with Crippen LogP contribution < -0.4 is 20.1 Å². The van der Waals surface area contributed by atoms with E-state index in [0.717, 1.165) is 30.5 Å². The quantitative estimate of drug-likeness (QED) is 0.235. The molecule has 0 radical (unpaired) electrons. The van der Waals surface area contributed by atoms with Gasteiger partial charge in [0, 0.05) is 38.3 Å². The van der Waals surface area contributed by atoms with Gasteiger partial charge in [0.25, 0.3) is 0 Å². The Hall–Kier alpha value is -1.22. The highest BCUT2D eigenvalue weighted by Crippen LogP contribution is 2.18. The number of nitrogens with one attached hydrogen (secondary N) is 2. The molecule has 0 unspecified atom stereocenters. The normalized spacial score (nSPS) is 11.5. The van der Waals surface area contributed by atoms with Gasteiger partial charge in [0.15, 0.2) is 5.96 Å². The van der Waals surface area contributed by atoms with Crippen LogP contribution in [0.1, 0.15) is 27.7 Å². The third-order valence-electron chi connectivity index (χ3n) is 3.92. The first-order valence-corrected chi connectivity index (χ1v) is 8.95. The molecule has 0 saturated carbocycles. The Balaban J connectivity index is 0.00000625. The summed E-state index contributed by atoms with van der Waals surface area (Å²) in [6.45, 7) is 12.0. The summed E-state index contributed by atoms with van der Waals surface area (Å²) in [5, 5.41) is 6.61. The van der Waals surface area contributed by atoms with Crippen LogP contribution >= 0.6 is 24.0 Å². The summed E-state index contributed by atoms with van der Waals surface area (Å²) in [7, 11) is 3.43. The Morgan fingerprint density at radius 2 is 1.69 bits per heavy atom. The summed E-state index contributed by atoms with van der Waals surface area (Å²) >= 11 is 0. The minimum Gasteiger partial charge on any atom is -0.497 e. The molecule has 0 amide bonds. The molecule has 0 atom stereocenters. The fourth-order valence-corrected chi connectivity index (χ4v) is 2.67. The maximum Gasteiger partial charge on any atom is 0.191 e. The first-order chi connectivity index (χ1) is 12.0. The van der Waals surface area contributed by atoms with Gasteiger partial charge in [-0.25, -0.2) is 0 Å². The summed E-state index contributed by atoms with van der Waals surface area (Å²) in [4.78, 5) is 6.70. The lowest BCUT2D eigenvalue weighted by atomic mass is 10.2. The molecule has 1 aromatic carbocycles. The van der Waals surface area contributed by atoms with Gasteiger partial charge in [-0.2, -0.15) is 0 Å². The van der Waals surface area contributed by atoms with Crippen LogP contribution in [0.15, 0.2) is 29.3 Å². The van der Waals surface area contributed by atoms with Gasteiger partial charge in [0.2, 0.25) is 0 Å². The van der Waals surface area contributed by atoms with Crippen molar-refractivity contribution in [2.45, 2.75) is 39.8 Å². The first kappa shape index (κ1) is 24.8. The fourth-order valence-electron chi connectivity index (χ4n) is 2.67. The largest absolute Gasteiger partial charge is 0.497 e. The van der Waals surface area contributed by atoms with E-state index in [-0.39, 0.29) is 24.0 Å². The fraction of sp³-hybridized carbons (Fsp3) is 0.632. The van der Waals surface area contributed by atoms with Crippen LogP contribution in [0.4, 0.5) is 0 Å². The Bertz CT molecular complexity index is 516. The molecule has 0 spiro atoms. The van der Waals surface area contributed by atoms with Gasteiger partial charge < -0.3 is 20.1 Å². The van der Waals surface area contributed by atoms with Crippen molar-refractivity contribution in [2.75, 3.05) is 40.4 Å². The van der Waals surface area contributed by atoms with Gasteiger partial charge in [-0.3, -0.25) is 9.89 Å². The number of rotatable bonds is 10. The second-order valence-electron chi connectivity index (χ2n) is 6.38. The predicted molar refractivity (Wildman–Crippen MR) is 120 cm³/mol. The Morgan fingerprint density at radius 1 is 1.08 bits per heavy atom. The number of benzene rings is 1. The molecular weight excluding hydrogens is 443 g/mol. The molecule has 2 N–H and O–H groups in total. The molecule has 0 aliphatic rings. The van der Waals surface area contributed by atoms with E-state index < -0.39 is 0 Å². The average molecular weight is 478 g/mol. The second-order valence-corrected chi connectivity index (χ2v) is 6.38. The predicted octanol–water partition coefficient (Wildman–Crippen LogP) is 2.98. The number of hydrogen-bond donors (Lipinski definition) is 2. The zero-order chi connectivity index (χ0) is 18.7. The third kappa shape index (κ3) is 9.47. The number of methoxy groups -OCH3 is 1. The van der Waals surface area contributed by atoms with E-state index in [0.29, 0.717) is 25.2 Å². The van der Waals surface area contributed by atoms with Crippen molar-refractivity contribution in [3.8, 4) is 11.5 Å². The van der Waals surface area contributed by atoms with Crippen molar-refractivity contribution in [3.63, 3.8) is 0 Å². The van der Waals surface area contributed by atoms with Crippen LogP contribution in [0, 0.1) is 0 Å². The van der Waals surface area contributed by atoms with Crippen LogP contribution in [0.2, 0.25) is 0 Å². The van der Waals surface area contributed by atoms with Gasteiger partial charge >= 0.3 is 0 Å². The van der Waals surface area contributed by atoms with Crippen LogP contribution in [-0.4, -0.2) is 63.3 Å². The number of aliphatic imine (C=N–C) groups is 1. The molecule has 0 saturated heterocycles. The van der Waals surface area contributed by atoms with E-state index in [2.05, 4.69) is 48.2 Å². The number of nitrogens with zero attached hydrogens (tertiary/aromatic N) is 2. The third-order valence-corrected chi connectivity index (χ3v) is 3.92. The highest BCUT2D eigenvalue weighted by molar-refractivity contribution is 14.0. The topological polar surface area (TPSA) is 58.1 Å². The molecule has 0 aliphatic heterocycles. The molecule has 1 aromatic rings. The van der Waals surface area contributed by atoms with Crippen LogP contribution in [-0.2, 0) is 0 Å². The van der Waals surface area contributed by atoms with Gasteiger partial charge in [0.1, 0.15) is 18.1 Å². The second kappa shape index (κ2) is 13.9. The van der Waals surface area contributed by atoms with E-state index in [1.54, 1.807) is 14.2 Å². The Kier molecular flexibility index (Phi) is 13.3. The standard InChI is InChI=1S/C19H34N4O2.HI/c1-15(2)23(16(3)4)12-10-21-19(20-5)22-11-13-25-18-9-7-8-17(14-18)24-6;/h7-9,14-16H,10-13H2,1-6H3,(H2,20,21,22);1H. The summed E-state index contributed by atoms with van der Waals surface area (Å²) in [6, 6.07) is 8.67. The van der Waals surface area contributed by atoms with Gasteiger partial charge in [-0.1, -0.05) is 6.07 Å². The zero-order valence-corrected chi connectivity index (χ0v) is 19.2. The summed E-state index contributed by atoms with van der Waals surface area (Å²) < 4.78 is 10.9. The van der Waals surface area contributed by atoms with Crippen molar-refractivity contribution in [2.24, 2.45) is 4.99 Å². The highest BCUT2D eigenvalue weighted by atomic mass is 127. The first-order valence-electron chi connectivity index (χ1n) is 8.95. The van der Waals surface area contributed by atoms with E-state index >= 15 is 0 Å². The SMILES string of the molecule is CN=C(NCCOc1cccc(OC)c1)NCCN(C(C)C)C(C)C.I. The number of ether oxygens (including phenoxy) is 2. The van der Waals surface area contributed by atoms with E-state index in [1.807, 2.05) is 24.3 Å². The summed E-state index contributed by atoms with van der Waals surface area (Å²) in [5.74, 6) is 2.39. The van der Waals surface area contributed by atoms with Crippen LogP contribution in [0.5, 0.6) is 11.5 Å². The molecule has 0 fully saturated rings. The maximum atomic E-state index is 5.72. The monoisotopic (exact) mass is 478 g/mol. The lowest BCUT2D eigenvalue weighted by Gasteiger charge is -2.30. The summed E-state index contributed by atoms with van der Waals surface area (Å²) in [6.07, 6.45) is 0. The van der Waals surface area contributed by atoms with Crippen LogP contribution in [0.25, 0.3) is 0 Å². The molecular formula is C19H35IN4O2. The molecule has 7 heteroatoms. The van der Waals surface area contributed by atoms with E-state index in [9.17, 15) is 0 Å². The minimum absolute atomic E-state index is 0. The van der Waals surface area contributed by atoms with Crippen molar-refractivity contribution in [3.05, 3.63) is 24.3 Å². The molecule has 1 rings (SSSR count). The lowest BCUT2D eigenvalue weighted by Crippen LogP contribution is -2.45. The highest BCUT2D eigenvalue weighted by Gasteiger charge is 2.12. The van der Waals surface area contributed by atoms with Gasteiger partial charge in [-0.15, -0.1) is 24.0 Å². The Morgan fingerprint density at radius 3 is 2.27 bits per heavy atom. The lowest BCUT2D eigenvalue weighted by molar-refractivity contribution is 0.178. The van der Waals surface area contributed by atoms with E-state index in [4.69, 9.17) is 9.47 Å². The van der Waals surface area contributed by atoms with E-state index in [1.165, 1.54) is 0 Å². The van der Waals surface area contributed by atoms with Crippen molar-refractivity contribution >= 4 is 29.9 Å². The van der Waals surface area contributed by atoms with Gasteiger partial charge in [0.05, 0.1) is 13.7 Å². The van der Waals surface area contributed by atoms with Crippen LogP contribution in [0.3, 0.4) is 0 Å². The minimum atomic E-state index is 0. The molecule has 26 heavy (non-hydrogen) atoms. The molecule has 0 heterocycles. The molecule has 0 aliphatic carbocycles. The molecule has 0 aromatic heterocycles. The maximum absolute atomic E-state index is 5.72. The molecule has 150 valence electrons. The zero-order valence-electron chi connectivity index (χ0n) is 16.9. The molecule has 6 nitrogen and oxygen atoms in total. The number of hydrogen-bond acceptors (Lipinski definition) is 4. The van der Waals surface area contributed by atoms with Crippen molar-refractivity contribution < 1.29 is 9.47 Å². The molecule has 0 bridgehead atoms.